The predicted molar refractivity (Wildman–Crippen MR) is 97.3 cm³/mol. The third-order valence-electron chi connectivity index (χ3n) is 4.26. The summed E-state index contributed by atoms with van der Waals surface area (Å²) in [5.41, 5.74) is 0.784. The molecule has 0 spiro atoms. The van der Waals surface area contributed by atoms with Crippen molar-refractivity contribution in [2.45, 2.75) is 24.7 Å². The predicted octanol–water partition coefficient (Wildman–Crippen LogP) is -0.995. The molecule has 0 aliphatic carbocycles. The van der Waals surface area contributed by atoms with Crippen LogP contribution >= 0.6 is 11.8 Å². The molecule has 0 amide bonds. The van der Waals surface area contributed by atoms with Crippen LogP contribution in [0.5, 0.6) is 0 Å². The van der Waals surface area contributed by atoms with Gasteiger partial charge in [-0.3, -0.25) is 9.36 Å². The highest BCUT2D eigenvalue weighted by Gasteiger charge is 2.22. The fourth-order valence-corrected chi connectivity index (χ4v) is 3.76. The highest BCUT2D eigenvalue weighted by atomic mass is 32.2. The molecule has 2 aromatic rings. The second kappa shape index (κ2) is 7.73. The minimum absolute atomic E-state index is 0.151. The molecule has 0 radical (unpaired) electrons. The maximum absolute atomic E-state index is 12.8. The van der Waals surface area contributed by atoms with Gasteiger partial charge in [0.15, 0.2) is 16.3 Å². The van der Waals surface area contributed by atoms with Crippen molar-refractivity contribution in [3.05, 3.63) is 10.4 Å². The molecule has 3 N–H and O–H groups in total. The lowest BCUT2D eigenvalue weighted by Crippen LogP contribution is -2.44. The molecule has 10 heteroatoms. The number of imidazole rings is 1. The van der Waals surface area contributed by atoms with E-state index in [-0.39, 0.29) is 17.9 Å². The number of nitrogens with one attached hydrogen (secondary N) is 1. The largest absolute Gasteiger partial charge is 0.394 e. The molecule has 1 aliphatic rings. The van der Waals surface area contributed by atoms with Crippen molar-refractivity contribution < 1.29 is 10.2 Å². The number of hydrogen-bond donors (Lipinski definition) is 3. The Morgan fingerprint density at radius 3 is 2.68 bits per heavy atom. The second-order valence-corrected chi connectivity index (χ2v) is 6.96. The number of hydrogen-bond acceptors (Lipinski definition) is 8. The summed E-state index contributed by atoms with van der Waals surface area (Å²) in [7, 11) is 1.67. The fourth-order valence-electron chi connectivity index (χ4n) is 2.89. The van der Waals surface area contributed by atoms with Crippen LogP contribution in [0.2, 0.25) is 0 Å². The number of aliphatic hydroxyl groups excluding tert-OH is 2. The first-order chi connectivity index (χ1) is 12.1. The Morgan fingerprint density at radius 1 is 1.32 bits per heavy atom. The summed E-state index contributed by atoms with van der Waals surface area (Å²) < 4.78 is 3.40. The highest BCUT2D eigenvalue weighted by Crippen LogP contribution is 2.22. The van der Waals surface area contributed by atoms with Gasteiger partial charge in [-0.1, -0.05) is 11.8 Å². The lowest BCUT2D eigenvalue weighted by molar-refractivity contribution is 0.113. The van der Waals surface area contributed by atoms with E-state index in [4.69, 9.17) is 5.11 Å². The summed E-state index contributed by atoms with van der Waals surface area (Å²) in [4.78, 5) is 24.2. The molecule has 1 fully saturated rings. The summed E-state index contributed by atoms with van der Waals surface area (Å²) >= 11 is 1.24. The first kappa shape index (κ1) is 18.2. The van der Waals surface area contributed by atoms with Crippen molar-refractivity contribution >= 4 is 28.9 Å². The Balaban J connectivity index is 2.04. The molecule has 3 heterocycles. The quantitative estimate of drug-likeness (QED) is 0.440. The van der Waals surface area contributed by atoms with Crippen LogP contribution in [0.3, 0.4) is 0 Å². The van der Waals surface area contributed by atoms with Gasteiger partial charge in [0.1, 0.15) is 0 Å². The molecule has 0 aromatic carbocycles. The Labute approximate surface area is 149 Å². The molecular weight excluding hydrogens is 344 g/mol. The summed E-state index contributed by atoms with van der Waals surface area (Å²) in [5, 5.41) is 22.3. The summed E-state index contributed by atoms with van der Waals surface area (Å²) in [5.74, 6) is 1.04. The van der Waals surface area contributed by atoms with E-state index in [1.54, 1.807) is 7.05 Å². The Bertz CT molecular complexity index is 799. The minimum Gasteiger partial charge on any atom is -0.394 e. The molecular formula is C15H24N6O3S. The third-order valence-corrected chi connectivity index (χ3v) is 5.43. The van der Waals surface area contributed by atoms with Crippen LogP contribution in [0.15, 0.2) is 9.95 Å². The van der Waals surface area contributed by atoms with Crippen LogP contribution < -0.4 is 15.8 Å². The van der Waals surface area contributed by atoms with Crippen LogP contribution in [0, 0.1) is 0 Å². The van der Waals surface area contributed by atoms with Crippen LogP contribution in [-0.2, 0) is 13.6 Å². The zero-order chi connectivity index (χ0) is 18.0. The van der Waals surface area contributed by atoms with Crippen LogP contribution in [0.25, 0.3) is 11.2 Å². The molecule has 1 saturated heterocycles. The number of aliphatic hydroxyl groups is 2. The van der Waals surface area contributed by atoms with Crippen LogP contribution in [0.1, 0.15) is 6.92 Å². The first-order valence-corrected chi connectivity index (χ1v) is 9.40. The number of thioether (sulfide) groups is 1. The molecule has 1 unspecified atom stereocenters. The monoisotopic (exact) mass is 368 g/mol. The van der Waals surface area contributed by atoms with E-state index in [9.17, 15) is 9.90 Å². The Kier molecular flexibility index (Phi) is 5.62. The average molecular weight is 368 g/mol. The van der Waals surface area contributed by atoms with Gasteiger partial charge in [-0.25, -0.2) is 4.98 Å². The van der Waals surface area contributed by atoms with E-state index in [1.165, 1.54) is 16.3 Å². The molecule has 0 saturated carbocycles. The normalized spacial score (nSPS) is 16.6. The zero-order valence-electron chi connectivity index (χ0n) is 14.5. The van der Waals surface area contributed by atoms with Gasteiger partial charge in [0.25, 0.3) is 5.56 Å². The smallest absolute Gasteiger partial charge is 0.280 e. The summed E-state index contributed by atoms with van der Waals surface area (Å²) in [6, 6.07) is 0. The maximum atomic E-state index is 12.8. The van der Waals surface area contributed by atoms with Gasteiger partial charge in [-0.2, -0.15) is 4.98 Å². The van der Waals surface area contributed by atoms with Gasteiger partial charge in [-0.05, 0) is 6.92 Å². The molecule has 1 aliphatic heterocycles. The lowest BCUT2D eigenvalue weighted by Gasteiger charge is -2.28. The standard InChI is InChI=1S/C15H24N6O3S/c1-3-21-11-12(17-14(21)20-6-4-16-5-7-20)18-15(19(2)13(11)24)25-9-10(23)8-22/h10,16,22-23H,3-9H2,1-2H3. The summed E-state index contributed by atoms with van der Waals surface area (Å²) in [6.45, 7) is 5.77. The Hall–Kier alpha value is -1.62. The van der Waals surface area contributed by atoms with Gasteiger partial charge >= 0.3 is 0 Å². The minimum atomic E-state index is -0.845. The number of aromatic nitrogens is 4. The van der Waals surface area contributed by atoms with Gasteiger partial charge < -0.3 is 25.0 Å². The van der Waals surface area contributed by atoms with E-state index in [0.29, 0.717) is 22.9 Å². The number of piperazine rings is 1. The highest BCUT2D eigenvalue weighted by molar-refractivity contribution is 7.99. The van der Waals surface area contributed by atoms with Gasteiger partial charge in [0.2, 0.25) is 5.95 Å². The fraction of sp³-hybridized carbons (Fsp3) is 0.667. The topological polar surface area (TPSA) is 108 Å². The van der Waals surface area contributed by atoms with Crippen molar-refractivity contribution in [3.8, 4) is 0 Å². The van der Waals surface area contributed by atoms with E-state index in [1.807, 2.05) is 11.5 Å². The molecule has 1 atom stereocenters. The van der Waals surface area contributed by atoms with Gasteiger partial charge in [0.05, 0.1) is 12.7 Å². The summed E-state index contributed by atoms with van der Waals surface area (Å²) in [6.07, 6.45) is -0.845. The van der Waals surface area contributed by atoms with Crippen molar-refractivity contribution in [1.29, 1.82) is 0 Å². The molecule has 2 aromatic heterocycles. The van der Waals surface area contributed by atoms with Crippen molar-refractivity contribution in [1.82, 2.24) is 24.4 Å². The van der Waals surface area contributed by atoms with Gasteiger partial charge in [-0.15, -0.1) is 0 Å². The maximum Gasteiger partial charge on any atom is 0.280 e. The van der Waals surface area contributed by atoms with Crippen LogP contribution in [0.4, 0.5) is 5.95 Å². The van der Waals surface area contributed by atoms with Crippen molar-refractivity contribution in [2.75, 3.05) is 43.4 Å². The number of nitrogens with zero attached hydrogens (tertiary/aromatic N) is 5. The van der Waals surface area contributed by atoms with E-state index in [2.05, 4.69) is 20.2 Å². The second-order valence-electron chi connectivity index (χ2n) is 5.97. The van der Waals surface area contributed by atoms with Crippen LogP contribution in [-0.4, -0.2) is 74.0 Å². The number of anilines is 1. The van der Waals surface area contributed by atoms with Crippen molar-refractivity contribution in [3.63, 3.8) is 0 Å². The Morgan fingerprint density at radius 2 is 2.04 bits per heavy atom. The average Bonchev–Trinajstić information content (AvgIpc) is 3.02. The van der Waals surface area contributed by atoms with Crippen molar-refractivity contribution in [2.24, 2.45) is 7.05 Å². The first-order valence-electron chi connectivity index (χ1n) is 8.41. The molecule has 138 valence electrons. The number of fused-ring (bicyclic) bond motifs is 1. The molecule has 25 heavy (non-hydrogen) atoms. The number of aryl methyl sites for hydroxylation is 1. The lowest BCUT2D eigenvalue weighted by atomic mass is 10.4. The number of rotatable bonds is 6. The third kappa shape index (κ3) is 3.52. The molecule has 3 rings (SSSR count). The van der Waals surface area contributed by atoms with E-state index in [0.717, 1.165) is 32.1 Å². The van der Waals surface area contributed by atoms with Gasteiger partial charge in [0, 0.05) is 45.5 Å². The molecule has 9 nitrogen and oxygen atoms in total. The van der Waals surface area contributed by atoms with E-state index >= 15 is 0 Å². The SMILES string of the molecule is CCn1c(N2CCNCC2)nc2nc(SCC(O)CO)n(C)c(=O)c21. The van der Waals surface area contributed by atoms with E-state index < -0.39 is 6.10 Å². The molecule has 0 bridgehead atoms. The zero-order valence-corrected chi connectivity index (χ0v) is 15.3.